The first-order valence-electron chi connectivity index (χ1n) is 17.6. The summed E-state index contributed by atoms with van der Waals surface area (Å²) in [6.07, 6.45) is 0. The molecule has 5 nitrogen and oxygen atoms in total. The zero-order valence-corrected chi connectivity index (χ0v) is 28.9. The maximum absolute atomic E-state index is 2.51. The summed E-state index contributed by atoms with van der Waals surface area (Å²) in [7, 11) is 4.49. The maximum atomic E-state index is 2.51. The fourth-order valence-corrected chi connectivity index (χ4v) is 8.80. The van der Waals surface area contributed by atoms with Gasteiger partial charge >= 0.3 is 0 Å². The van der Waals surface area contributed by atoms with Crippen LogP contribution in [0.4, 0.5) is 62.6 Å². The number of rotatable bonds is 4. The summed E-state index contributed by atoms with van der Waals surface area (Å²) in [6.45, 7) is 2.21. The summed E-state index contributed by atoms with van der Waals surface area (Å²) in [5, 5.41) is 0. The van der Waals surface area contributed by atoms with Gasteiger partial charge in [-0.05, 0) is 73.2 Å². The number of nitrogens with zero attached hydrogens (tertiary/aromatic N) is 5. The van der Waals surface area contributed by atoms with Crippen LogP contribution in [0, 0.1) is 6.92 Å². The molecule has 5 heteroatoms. The predicted octanol–water partition coefficient (Wildman–Crippen LogP) is 11.8. The highest BCUT2D eigenvalue weighted by Crippen LogP contribution is 2.66. The zero-order valence-electron chi connectivity index (χ0n) is 28.9. The van der Waals surface area contributed by atoms with Crippen LogP contribution < -0.4 is 24.5 Å². The Balaban J connectivity index is 1.28. The van der Waals surface area contributed by atoms with Crippen LogP contribution in [0.1, 0.15) is 16.7 Å². The molecule has 0 aromatic heterocycles. The molecule has 0 spiro atoms. The van der Waals surface area contributed by atoms with Gasteiger partial charge in [0.25, 0.3) is 0 Å². The lowest BCUT2D eigenvalue weighted by Gasteiger charge is -2.47. The average Bonchev–Trinajstić information content (AvgIpc) is 3.40. The van der Waals surface area contributed by atoms with Crippen molar-refractivity contribution in [1.29, 1.82) is 0 Å². The Morgan fingerprint density at radius 2 is 0.725 bits per heavy atom. The van der Waals surface area contributed by atoms with Gasteiger partial charge in [0.05, 0.1) is 51.2 Å². The molecule has 0 aliphatic carbocycles. The summed E-state index contributed by atoms with van der Waals surface area (Å²) < 4.78 is 0. The predicted molar refractivity (Wildman–Crippen MR) is 213 cm³/mol. The SMILES string of the molecule is Cc1cc2c3c(c1)N(c1ccccc1)c1cc4c(cc1N3c1ccccc1N2c1ccccc1)N(C)C(c1ccccc1)(c1ccccc1)N4C. The molecule has 3 heterocycles. The quantitative estimate of drug-likeness (QED) is 0.186. The third-order valence-electron chi connectivity index (χ3n) is 10.9. The summed E-state index contributed by atoms with van der Waals surface area (Å²) in [6, 6.07) is 61.7. The first kappa shape index (κ1) is 29.5. The van der Waals surface area contributed by atoms with Crippen LogP contribution in [0.25, 0.3) is 0 Å². The van der Waals surface area contributed by atoms with Crippen molar-refractivity contribution < 1.29 is 0 Å². The van der Waals surface area contributed by atoms with Crippen molar-refractivity contribution >= 4 is 62.6 Å². The maximum Gasteiger partial charge on any atom is 0.166 e. The van der Waals surface area contributed by atoms with E-state index in [1.54, 1.807) is 0 Å². The second kappa shape index (κ2) is 11.0. The Labute approximate surface area is 299 Å². The van der Waals surface area contributed by atoms with E-state index in [1.807, 2.05) is 0 Å². The van der Waals surface area contributed by atoms with Gasteiger partial charge in [-0.3, -0.25) is 0 Å². The lowest BCUT2D eigenvalue weighted by molar-refractivity contribution is 0.522. The molecule has 3 aliphatic heterocycles. The molecule has 0 fully saturated rings. The smallest absolute Gasteiger partial charge is 0.166 e. The van der Waals surface area contributed by atoms with Gasteiger partial charge in [-0.25, -0.2) is 0 Å². The lowest BCUT2D eigenvalue weighted by atomic mass is 9.89. The van der Waals surface area contributed by atoms with Crippen molar-refractivity contribution in [3.05, 3.63) is 187 Å². The second-order valence-corrected chi connectivity index (χ2v) is 13.7. The molecule has 0 N–H and O–H groups in total. The molecule has 10 rings (SSSR count). The van der Waals surface area contributed by atoms with Gasteiger partial charge in [-0.2, -0.15) is 0 Å². The van der Waals surface area contributed by atoms with E-state index >= 15 is 0 Å². The van der Waals surface area contributed by atoms with Gasteiger partial charge < -0.3 is 24.5 Å². The molecule has 0 bridgehead atoms. The fourth-order valence-electron chi connectivity index (χ4n) is 8.80. The van der Waals surface area contributed by atoms with Gasteiger partial charge in [-0.1, -0.05) is 109 Å². The molecule has 0 radical (unpaired) electrons. The van der Waals surface area contributed by atoms with E-state index in [0.717, 1.165) is 45.5 Å². The largest absolute Gasteiger partial charge is 0.342 e. The molecule has 0 amide bonds. The normalized spacial score (nSPS) is 14.9. The molecule has 0 saturated carbocycles. The van der Waals surface area contributed by atoms with Crippen LogP contribution in [0.3, 0.4) is 0 Å². The van der Waals surface area contributed by atoms with Gasteiger partial charge in [0.2, 0.25) is 0 Å². The van der Waals surface area contributed by atoms with Crippen molar-refractivity contribution in [2.45, 2.75) is 12.6 Å². The molecule has 0 unspecified atom stereocenters. The van der Waals surface area contributed by atoms with Crippen molar-refractivity contribution in [2.24, 2.45) is 0 Å². The summed E-state index contributed by atoms with van der Waals surface area (Å²) in [5.41, 5.74) is 15.8. The third kappa shape index (κ3) is 4.03. The van der Waals surface area contributed by atoms with Crippen molar-refractivity contribution in [3.8, 4) is 0 Å². The van der Waals surface area contributed by atoms with Crippen LogP contribution in [0.2, 0.25) is 0 Å². The van der Waals surface area contributed by atoms with Gasteiger partial charge in [-0.15, -0.1) is 0 Å². The Bertz CT molecular complexity index is 2390. The van der Waals surface area contributed by atoms with Crippen LogP contribution in [-0.4, -0.2) is 14.1 Å². The summed E-state index contributed by atoms with van der Waals surface area (Å²) in [5.74, 6) is 0. The van der Waals surface area contributed by atoms with E-state index in [2.05, 4.69) is 215 Å². The van der Waals surface area contributed by atoms with E-state index in [1.165, 1.54) is 33.8 Å². The Morgan fingerprint density at radius 3 is 1.20 bits per heavy atom. The fraction of sp³-hybridized carbons (Fsp3) is 0.0870. The van der Waals surface area contributed by atoms with E-state index < -0.39 is 5.66 Å². The topological polar surface area (TPSA) is 16.2 Å². The number of hydrogen-bond acceptors (Lipinski definition) is 5. The number of hydrogen-bond donors (Lipinski definition) is 0. The van der Waals surface area contributed by atoms with E-state index in [9.17, 15) is 0 Å². The molecule has 0 saturated heterocycles. The second-order valence-electron chi connectivity index (χ2n) is 13.7. The van der Waals surface area contributed by atoms with Crippen LogP contribution >= 0.6 is 0 Å². The number of aryl methyl sites for hydroxylation is 1. The van der Waals surface area contributed by atoms with Crippen LogP contribution in [0.5, 0.6) is 0 Å². The third-order valence-corrected chi connectivity index (χ3v) is 10.9. The minimum Gasteiger partial charge on any atom is -0.342 e. The number of anilines is 11. The minimum atomic E-state index is -0.551. The monoisotopic (exact) mass is 659 g/mol. The Morgan fingerprint density at radius 1 is 0.353 bits per heavy atom. The first-order valence-corrected chi connectivity index (χ1v) is 17.6. The minimum absolute atomic E-state index is 0.551. The first-order chi connectivity index (χ1) is 25.1. The zero-order chi connectivity index (χ0) is 34.3. The molecule has 0 atom stereocenters. The Kier molecular flexibility index (Phi) is 6.37. The number of fused-ring (bicyclic) bond motifs is 5. The van der Waals surface area contributed by atoms with E-state index in [-0.39, 0.29) is 0 Å². The molecule has 246 valence electrons. The average molecular weight is 660 g/mol. The van der Waals surface area contributed by atoms with Gasteiger partial charge in [0.15, 0.2) is 5.66 Å². The van der Waals surface area contributed by atoms with Gasteiger partial charge in [0, 0.05) is 36.6 Å². The van der Waals surface area contributed by atoms with Crippen molar-refractivity contribution in [2.75, 3.05) is 38.6 Å². The summed E-state index contributed by atoms with van der Waals surface area (Å²) in [4.78, 5) is 12.3. The highest BCUT2D eigenvalue weighted by molar-refractivity contribution is 6.14. The molecular weight excluding hydrogens is 623 g/mol. The molecule has 7 aromatic carbocycles. The molecule has 3 aliphatic rings. The molecule has 51 heavy (non-hydrogen) atoms. The van der Waals surface area contributed by atoms with Crippen molar-refractivity contribution in [1.82, 2.24) is 0 Å². The summed E-state index contributed by atoms with van der Waals surface area (Å²) >= 11 is 0. The molecule has 7 aromatic rings. The van der Waals surface area contributed by atoms with Crippen LogP contribution in [0.15, 0.2) is 170 Å². The van der Waals surface area contributed by atoms with E-state index in [4.69, 9.17) is 0 Å². The highest BCUT2D eigenvalue weighted by atomic mass is 15.5. The molecular formula is C46H37N5. The van der Waals surface area contributed by atoms with E-state index in [0.29, 0.717) is 0 Å². The van der Waals surface area contributed by atoms with Gasteiger partial charge in [0.1, 0.15) is 0 Å². The number of para-hydroxylation sites is 4. The standard InChI is InChI=1S/C46H37N5/c1-32-28-43-45-44(29-32)50(36-24-14-7-15-25-36)41-30-39-40(48(3)46(47(39)2,33-18-8-4-9-19-33)34-20-10-5-11-21-34)31-42(41)51(45)38-27-17-16-26-37(38)49(43)35-22-12-6-13-23-35/h4-31H,1-3H3. The number of benzene rings is 7. The van der Waals surface area contributed by atoms with Crippen molar-refractivity contribution in [3.63, 3.8) is 0 Å². The van der Waals surface area contributed by atoms with Crippen LogP contribution in [-0.2, 0) is 5.66 Å². The lowest BCUT2D eigenvalue weighted by Crippen LogP contribution is -2.52. The highest BCUT2D eigenvalue weighted by Gasteiger charge is 2.50. The Hall–Kier alpha value is -6.46.